The number of hydrogen-bond acceptors (Lipinski definition) is 6. The minimum Gasteiger partial charge on any atom is -0.379 e. The Balaban J connectivity index is 2.13. The highest BCUT2D eigenvalue weighted by Gasteiger charge is 2.41. The number of unbranched alkanes of at least 4 members (excludes halogenated alkanes) is 1. The van der Waals surface area contributed by atoms with E-state index in [1.807, 2.05) is 35.2 Å². The van der Waals surface area contributed by atoms with Crippen molar-refractivity contribution in [1.82, 2.24) is 15.5 Å². The van der Waals surface area contributed by atoms with Gasteiger partial charge in [0.2, 0.25) is 17.7 Å². The van der Waals surface area contributed by atoms with Crippen molar-refractivity contribution in [3.05, 3.63) is 35.9 Å². The van der Waals surface area contributed by atoms with Crippen LogP contribution < -0.4 is 16.4 Å². The first-order valence-electron chi connectivity index (χ1n) is 14.9. The van der Waals surface area contributed by atoms with Gasteiger partial charge in [0.05, 0.1) is 30.6 Å². The maximum Gasteiger partial charge on any atom is 0.242 e. The van der Waals surface area contributed by atoms with E-state index in [4.69, 9.17) is 15.2 Å². The molecule has 1 aliphatic rings. The highest BCUT2D eigenvalue weighted by molar-refractivity contribution is 5.89. The van der Waals surface area contributed by atoms with Crippen LogP contribution in [0.15, 0.2) is 30.3 Å². The van der Waals surface area contributed by atoms with Crippen molar-refractivity contribution in [2.24, 2.45) is 17.6 Å². The number of nitrogens with two attached hydrogens (primary N) is 1. The number of amides is 3. The fraction of sp³-hybridized carbons (Fsp3) is 0.710. The normalized spacial score (nSPS) is 19.8. The number of carbonyl (C=O) groups excluding carboxylic acids is 3. The molecular weight excluding hydrogens is 508 g/mol. The van der Waals surface area contributed by atoms with Crippen LogP contribution in [0.1, 0.15) is 71.8 Å². The third kappa shape index (κ3) is 9.56. The van der Waals surface area contributed by atoms with Crippen molar-refractivity contribution < 1.29 is 23.9 Å². The third-order valence-corrected chi connectivity index (χ3v) is 8.33. The summed E-state index contributed by atoms with van der Waals surface area (Å²) in [6.45, 7) is 9.17. The second-order valence-corrected chi connectivity index (χ2v) is 11.1. The number of benzene rings is 1. The topological polar surface area (TPSA) is 123 Å². The first-order chi connectivity index (χ1) is 19.2. The van der Waals surface area contributed by atoms with Gasteiger partial charge in [0.15, 0.2) is 0 Å². The van der Waals surface area contributed by atoms with E-state index in [1.54, 1.807) is 21.1 Å². The van der Waals surface area contributed by atoms with Gasteiger partial charge in [0, 0.05) is 39.8 Å². The largest absolute Gasteiger partial charge is 0.379 e. The van der Waals surface area contributed by atoms with Gasteiger partial charge < -0.3 is 30.7 Å². The number of rotatable bonds is 17. The molecule has 0 bridgehead atoms. The van der Waals surface area contributed by atoms with E-state index in [9.17, 15) is 14.4 Å². The zero-order chi connectivity index (χ0) is 29.7. The molecule has 0 saturated carbocycles. The summed E-state index contributed by atoms with van der Waals surface area (Å²) in [5, 5.41) is 5.93. The van der Waals surface area contributed by atoms with Crippen molar-refractivity contribution >= 4 is 17.7 Å². The average Bonchev–Trinajstić information content (AvgIpc) is 3.45. The Hall–Kier alpha value is -2.49. The van der Waals surface area contributed by atoms with Crippen molar-refractivity contribution in [3.63, 3.8) is 0 Å². The SMILES string of the molecule is CCCCNC(=O)[C@H](Cc1ccccc1)NC(=O)[C@H](C)[C@@H](OC)[C@@H]1CCCN1C(=O)C[C@@H](OC)[C@@H](N)[C@@H](C)CC. The van der Waals surface area contributed by atoms with Crippen molar-refractivity contribution in [3.8, 4) is 0 Å². The highest BCUT2D eigenvalue weighted by Crippen LogP contribution is 2.28. The summed E-state index contributed by atoms with van der Waals surface area (Å²) >= 11 is 0. The maximum absolute atomic E-state index is 13.5. The van der Waals surface area contributed by atoms with E-state index in [2.05, 4.69) is 31.4 Å². The molecule has 1 aromatic carbocycles. The number of carbonyl (C=O) groups is 3. The second kappa shape index (κ2) is 17.4. The minimum atomic E-state index is -0.711. The Bertz CT molecular complexity index is 914. The van der Waals surface area contributed by atoms with Crippen molar-refractivity contribution in [1.29, 1.82) is 0 Å². The van der Waals surface area contributed by atoms with Gasteiger partial charge >= 0.3 is 0 Å². The Morgan fingerprint density at radius 3 is 2.38 bits per heavy atom. The lowest BCUT2D eigenvalue weighted by Gasteiger charge is -2.35. The van der Waals surface area contributed by atoms with Crippen molar-refractivity contribution in [2.75, 3.05) is 27.3 Å². The van der Waals surface area contributed by atoms with E-state index < -0.39 is 18.1 Å². The van der Waals surface area contributed by atoms with Crippen LogP contribution in [0, 0.1) is 11.8 Å². The van der Waals surface area contributed by atoms with Crippen LogP contribution >= 0.6 is 0 Å². The van der Waals surface area contributed by atoms with E-state index in [-0.39, 0.29) is 48.2 Å². The summed E-state index contributed by atoms with van der Waals surface area (Å²) in [5.41, 5.74) is 7.36. The summed E-state index contributed by atoms with van der Waals surface area (Å²) in [6, 6.07) is 8.45. The van der Waals surface area contributed by atoms with Gasteiger partial charge in [-0.15, -0.1) is 0 Å². The van der Waals surface area contributed by atoms with Crippen LogP contribution in [0.2, 0.25) is 0 Å². The molecule has 9 nitrogen and oxygen atoms in total. The molecule has 0 aromatic heterocycles. The van der Waals surface area contributed by atoms with E-state index in [0.717, 1.165) is 37.7 Å². The number of hydrogen-bond donors (Lipinski definition) is 3. The van der Waals surface area contributed by atoms with Crippen LogP contribution in [-0.2, 0) is 30.3 Å². The van der Waals surface area contributed by atoms with E-state index >= 15 is 0 Å². The summed E-state index contributed by atoms with van der Waals surface area (Å²) in [5.74, 6) is -0.865. The molecular formula is C31H52N4O5. The lowest BCUT2D eigenvalue weighted by atomic mass is 9.92. The third-order valence-electron chi connectivity index (χ3n) is 8.33. The van der Waals surface area contributed by atoms with Crippen LogP contribution in [0.25, 0.3) is 0 Å². The lowest BCUT2D eigenvalue weighted by molar-refractivity contribution is -0.142. The number of methoxy groups -OCH3 is 2. The molecule has 1 saturated heterocycles. The molecule has 1 fully saturated rings. The Labute approximate surface area is 240 Å². The quantitative estimate of drug-likeness (QED) is 0.252. The van der Waals surface area contributed by atoms with Gasteiger partial charge in [-0.05, 0) is 30.7 Å². The standard InChI is InChI=1S/C31H52N4O5/c1-7-9-17-33-31(38)24(19-23-14-11-10-12-15-23)34-30(37)22(4)29(40-6)25-16-13-18-35(25)27(36)20-26(39-5)28(32)21(3)8-2/h10-12,14-15,21-22,24-26,28-29H,7-9,13,16-20,32H2,1-6H3,(H,33,38)(H,34,37)/t21-,22+,24-,25-,26+,28-,29+/m0/s1. The van der Waals surface area contributed by atoms with Crippen LogP contribution in [0.3, 0.4) is 0 Å². The molecule has 0 radical (unpaired) electrons. The second-order valence-electron chi connectivity index (χ2n) is 11.1. The smallest absolute Gasteiger partial charge is 0.242 e. The predicted octanol–water partition coefficient (Wildman–Crippen LogP) is 3.05. The number of nitrogens with zero attached hydrogens (tertiary/aromatic N) is 1. The molecule has 40 heavy (non-hydrogen) atoms. The number of ether oxygens (including phenoxy) is 2. The number of likely N-dealkylation sites (tertiary alicyclic amines) is 1. The lowest BCUT2D eigenvalue weighted by Crippen LogP contribution is -2.54. The summed E-state index contributed by atoms with van der Waals surface area (Å²) in [6.07, 6.45) is 3.99. The zero-order valence-electron chi connectivity index (χ0n) is 25.4. The average molecular weight is 561 g/mol. The van der Waals surface area contributed by atoms with Crippen LogP contribution in [0.5, 0.6) is 0 Å². The molecule has 0 spiro atoms. The fourth-order valence-electron chi connectivity index (χ4n) is 5.47. The zero-order valence-corrected chi connectivity index (χ0v) is 25.4. The summed E-state index contributed by atoms with van der Waals surface area (Å²) in [4.78, 5) is 41.8. The van der Waals surface area contributed by atoms with E-state index in [1.165, 1.54) is 0 Å². The Kier molecular flexibility index (Phi) is 14.6. The summed E-state index contributed by atoms with van der Waals surface area (Å²) < 4.78 is 11.5. The molecule has 1 aliphatic heterocycles. The highest BCUT2D eigenvalue weighted by atomic mass is 16.5. The molecule has 1 heterocycles. The minimum absolute atomic E-state index is 0.0417. The van der Waals surface area contributed by atoms with Gasteiger partial charge in [0.25, 0.3) is 0 Å². The fourth-order valence-corrected chi connectivity index (χ4v) is 5.47. The van der Waals surface area contributed by atoms with Gasteiger partial charge in [-0.1, -0.05) is 70.9 Å². The maximum atomic E-state index is 13.5. The molecule has 2 rings (SSSR count). The molecule has 1 aromatic rings. The molecule has 3 amide bonds. The molecule has 0 aliphatic carbocycles. The van der Waals surface area contributed by atoms with E-state index in [0.29, 0.717) is 19.5 Å². The van der Waals surface area contributed by atoms with Gasteiger partial charge in [-0.3, -0.25) is 14.4 Å². The molecule has 9 heteroatoms. The Morgan fingerprint density at radius 2 is 1.77 bits per heavy atom. The molecule has 4 N–H and O–H groups in total. The van der Waals surface area contributed by atoms with Crippen LogP contribution in [0.4, 0.5) is 0 Å². The van der Waals surface area contributed by atoms with Gasteiger partial charge in [0.1, 0.15) is 6.04 Å². The first kappa shape index (κ1) is 33.7. The summed E-state index contributed by atoms with van der Waals surface area (Å²) in [7, 11) is 3.17. The van der Waals surface area contributed by atoms with Crippen molar-refractivity contribution in [2.45, 2.75) is 103 Å². The van der Waals surface area contributed by atoms with Crippen LogP contribution in [-0.4, -0.2) is 80.3 Å². The molecule has 7 atom stereocenters. The molecule has 0 unspecified atom stereocenters. The number of nitrogens with one attached hydrogen (secondary N) is 2. The van der Waals surface area contributed by atoms with Gasteiger partial charge in [-0.2, -0.15) is 0 Å². The molecule has 226 valence electrons. The monoisotopic (exact) mass is 560 g/mol. The van der Waals surface area contributed by atoms with Gasteiger partial charge in [-0.25, -0.2) is 0 Å². The Morgan fingerprint density at radius 1 is 1.07 bits per heavy atom. The first-order valence-corrected chi connectivity index (χ1v) is 14.9. The predicted molar refractivity (Wildman–Crippen MR) is 158 cm³/mol.